The molecule has 0 spiro atoms. The summed E-state index contributed by atoms with van der Waals surface area (Å²) in [6, 6.07) is 7.69. The van der Waals surface area contributed by atoms with Crippen LogP contribution in [-0.4, -0.2) is 23.4 Å². The molecular formula is C16H23N3O2. The summed E-state index contributed by atoms with van der Waals surface area (Å²) in [7, 11) is 0. The van der Waals surface area contributed by atoms with Gasteiger partial charge in [-0.15, -0.1) is 0 Å². The third kappa shape index (κ3) is 3.68. The summed E-state index contributed by atoms with van der Waals surface area (Å²) in [6.45, 7) is 9.40. The second kappa shape index (κ2) is 6.37. The molecule has 1 aromatic heterocycles. The Hall–Kier alpha value is -1.72. The Balaban J connectivity index is 2.30. The average Bonchev–Trinajstić information content (AvgIpc) is 2.93. The summed E-state index contributed by atoms with van der Waals surface area (Å²) in [6.07, 6.45) is 0. The number of nitrogens with zero attached hydrogens (tertiary/aromatic N) is 2. The minimum Gasteiger partial charge on any atom is -0.380 e. The molecule has 1 heterocycles. The molecule has 0 aliphatic carbocycles. The van der Waals surface area contributed by atoms with Crippen molar-refractivity contribution < 1.29 is 9.26 Å². The van der Waals surface area contributed by atoms with Gasteiger partial charge < -0.3 is 15.0 Å². The number of benzene rings is 1. The number of aromatic nitrogens is 2. The van der Waals surface area contributed by atoms with E-state index in [1.54, 1.807) is 0 Å². The zero-order valence-corrected chi connectivity index (χ0v) is 13.1. The van der Waals surface area contributed by atoms with Gasteiger partial charge in [0.1, 0.15) is 0 Å². The molecule has 5 heteroatoms. The van der Waals surface area contributed by atoms with Crippen molar-refractivity contribution in [3.8, 4) is 11.5 Å². The predicted octanol–water partition coefficient (Wildman–Crippen LogP) is 3.07. The standard InChI is InChI=1S/C16H23N3O2/c1-5-20-10-13(17)14-18-15(21-19-14)11-8-6-7-9-12(11)16(2,3)4/h6-9,13H,5,10,17H2,1-4H3. The summed E-state index contributed by atoms with van der Waals surface area (Å²) in [5.74, 6) is 0.977. The first-order valence-corrected chi connectivity index (χ1v) is 7.20. The van der Waals surface area contributed by atoms with Gasteiger partial charge in [0.2, 0.25) is 0 Å². The molecule has 2 aromatic rings. The first kappa shape index (κ1) is 15.7. The Kier molecular flexibility index (Phi) is 4.75. The van der Waals surface area contributed by atoms with Crippen molar-refractivity contribution in [2.45, 2.75) is 39.2 Å². The quantitative estimate of drug-likeness (QED) is 0.915. The lowest BCUT2D eigenvalue weighted by molar-refractivity contribution is 0.130. The molecule has 1 atom stereocenters. The topological polar surface area (TPSA) is 74.2 Å². The summed E-state index contributed by atoms with van der Waals surface area (Å²) < 4.78 is 10.7. The lowest BCUT2D eigenvalue weighted by atomic mass is 9.84. The molecular weight excluding hydrogens is 266 g/mol. The molecule has 2 N–H and O–H groups in total. The van der Waals surface area contributed by atoms with Crippen LogP contribution in [-0.2, 0) is 10.2 Å². The minimum atomic E-state index is -0.371. The number of hydrogen-bond acceptors (Lipinski definition) is 5. The molecule has 0 bridgehead atoms. The Bertz CT molecular complexity index is 587. The summed E-state index contributed by atoms with van der Waals surface area (Å²) in [5.41, 5.74) is 8.10. The van der Waals surface area contributed by atoms with Crippen molar-refractivity contribution in [2.75, 3.05) is 13.2 Å². The summed E-state index contributed by atoms with van der Waals surface area (Å²) in [5, 5.41) is 3.98. The van der Waals surface area contributed by atoms with Crippen molar-refractivity contribution in [1.29, 1.82) is 0 Å². The van der Waals surface area contributed by atoms with Gasteiger partial charge in [-0.05, 0) is 24.0 Å². The minimum absolute atomic E-state index is 0.00132. The maximum Gasteiger partial charge on any atom is 0.258 e. The van der Waals surface area contributed by atoms with Crippen LogP contribution in [0.15, 0.2) is 28.8 Å². The van der Waals surface area contributed by atoms with Crippen LogP contribution in [0.5, 0.6) is 0 Å². The molecule has 0 saturated carbocycles. The van der Waals surface area contributed by atoms with Crippen LogP contribution in [0.4, 0.5) is 0 Å². The van der Waals surface area contributed by atoms with E-state index in [9.17, 15) is 0 Å². The molecule has 1 aromatic carbocycles. The number of rotatable bonds is 5. The number of hydrogen-bond donors (Lipinski definition) is 1. The molecule has 0 radical (unpaired) electrons. The highest BCUT2D eigenvalue weighted by Gasteiger charge is 2.22. The van der Waals surface area contributed by atoms with Crippen LogP contribution in [0.2, 0.25) is 0 Å². The van der Waals surface area contributed by atoms with E-state index in [-0.39, 0.29) is 11.5 Å². The summed E-state index contributed by atoms with van der Waals surface area (Å²) >= 11 is 0. The van der Waals surface area contributed by atoms with E-state index in [0.717, 1.165) is 5.56 Å². The second-order valence-electron chi connectivity index (χ2n) is 6.02. The smallest absolute Gasteiger partial charge is 0.258 e. The fraction of sp³-hybridized carbons (Fsp3) is 0.500. The van der Waals surface area contributed by atoms with Crippen LogP contribution in [0, 0.1) is 0 Å². The van der Waals surface area contributed by atoms with Gasteiger partial charge in [0, 0.05) is 12.2 Å². The van der Waals surface area contributed by atoms with Crippen LogP contribution in [0.25, 0.3) is 11.5 Å². The normalized spacial score (nSPS) is 13.4. The van der Waals surface area contributed by atoms with Crippen molar-refractivity contribution in [2.24, 2.45) is 5.73 Å². The van der Waals surface area contributed by atoms with Gasteiger partial charge in [0.25, 0.3) is 5.89 Å². The molecule has 0 fully saturated rings. The van der Waals surface area contributed by atoms with Gasteiger partial charge in [-0.2, -0.15) is 4.98 Å². The van der Waals surface area contributed by atoms with Gasteiger partial charge >= 0.3 is 0 Å². The zero-order valence-electron chi connectivity index (χ0n) is 13.1. The van der Waals surface area contributed by atoms with Crippen molar-refractivity contribution in [1.82, 2.24) is 10.1 Å². The van der Waals surface area contributed by atoms with Crippen LogP contribution < -0.4 is 5.73 Å². The number of nitrogens with two attached hydrogens (primary N) is 1. The van der Waals surface area contributed by atoms with E-state index in [0.29, 0.717) is 24.9 Å². The highest BCUT2D eigenvalue weighted by molar-refractivity contribution is 5.60. The average molecular weight is 289 g/mol. The van der Waals surface area contributed by atoms with Crippen LogP contribution >= 0.6 is 0 Å². The van der Waals surface area contributed by atoms with Gasteiger partial charge in [-0.1, -0.05) is 44.1 Å². The van der Waals surface area contributed by atoms with Gasteiger partial charge in [0.15, 0.2) is 5.82 Å². The Labute approximate surface area is 125 Å². The SMILES string of the molecule is CCOCC(N)c1noc(-c2ccccc2C(C)(C)C)n1. The monoisotopic (exact) mass is 289 g/mol. The Morgan fingerprint density at radius 1 is 1.29 bits per heavy atom. The van der Waals surface area contributed by atoms with E-state index in [1.165, 1.54) is 5.56 Å². The Morgan fingerprint density at radius 3 is 2.67 bits per heavy atom. The molecule has 5 nitrogen and oxygen atoms in total. The highest BCUT2D eigenvalue weighted by Crippen LogP contribution is 2.32. The molecule has 0 aliphatic rings. The molecule has 114 valence electrons. The molecule has 0 amide bonds. The van der Waals surface area contributed by atoms with Gasteiger partial charge in [-0.3, -0.25) is 0 Å². The van der Waals surface area contributed by atoms with Gasteiger partial charge in [-0.25, -0.2) is 0 Å². The molecule has 2 rings (SSSR count). The zero-order chi connectivity index (χ0) is 15.5. The van der Waals surface area contributed by atoms with Crippen molar-refractivity contribution in [3.05, 3.63) is 35.7 Å². The lowest BCUT2D eigenvalue weighted by Crippen LogP contribution is -2.18. The fourth-order valence-electron chi connectivity index (χ4n) is 2.14. The van der Waals surface area contributed by atoms with Crippen LogP contribution in [0.1, 0.15) is 45.1 Å². The van der Waals surface area contributed by atoms with Crippen LogP contribution in [0.3, 0.4) is 0 Å². The lowest BCUT2D eigenvalue weighted by Gasteiger charge is -2.21. The molecule has 0 saturated heterocycles. The maximum absolute atomic E-state index is 5.99. The second-order valence-corrected chi connectivity index (χ2v) is 6.02. The van der Waals surface area contributed by atoms with E-state index in [1.807, 2.05) is 25.1 Å². The molecule has 21 heavy (non-hydrogen) atoms. The van der Waals surface area contributed by atoms with Crippen molar-refractivity contribution >= 4 is 0 Å². The molecule has 0 aliphatic heterocycles. The van der Waals surface area contributed by atoms with E-state index >= 15 is 0 Å². The Morgan fingerprint density at radius 2 is 2.00 bits per heavy atom. The first-order chi connectivity index (χ1) is 9.93. The predicted molar refractivity (Wildman–Crippen MR) is 81.9 cm³/mol. The third-order valence-corrected chi connectivity index (χ3v) is 3.24. The highest BCUT2D eigenvalue weighted by atomic mass is 16.5. The van der Waals surface area contributed by atoms with E-state index < -0.39 is 0 Å². The first-order valence-electron chi connectivity index (χ1n) is 7.20. The summed E-state index contributed by atoms with van der Waals surface area (Å²) in [4.78, 5) is 4.42. The third-order valence-electron chi connectivity index (χ3n) is 3.24. The number of ether oxygens (including phenoxy) is 1. The van der Waals surface area contributed by atoms with Crippen molar-refractivity contribution in [3.63, 3.8) is 0 Å². The molecule has 1 unspecified atom stereocenters. The van der Waals surface area contributed by atoms with Gasteiger partial charge in [0.05, 0.1) is 12.6 Å². The van der Waals surface area contributed by atoms with E-state index in [4.69, 9.17) is 15.0 Å². The fourth-order valence-corrected chi connectivity index (χ4v) is 2.14. The maximum atomic E-state index is 5.99. The largest absolute Gasteiger partial charge is 0.380 e. The van der Waals surface area contributed by atoms with E-state index in [2.05, 4.69) is 37.0 Å².